The Kier molecular flexibility index (Phi) is 4.56. The van der Waals surface area contributed by atoms with Gasteiger partial charge in [0.2, 0.25) is 0 Å². The molecule has 0 bridgehead atoms. The summed E-state index contributed by atoms with van der Waals surface area (Å²) in [5, 5.41) is 3.21. The number of carbonyl (C=O) groups is 2. The Balaban J connectivity index is 1.86. The van der Waals surface area contributed by atoms with E-state index in [1.54, 1.807) is 55.5 Å². The molecule has 126 valence electrons. The van der Waals surface area contributed by atoms with Crippen molar-refractivity contribution < 1.29 is 14.3 Å². The summed E-state index contributed by atoms with van der Waals surface area (Å²) in [5.74, 6) is -0.936. The van der Waals surface area contributed by atoms with Gasteiger partial charge in [-0.25, -0.2) is 9.59 Å². The number of nitrogens with one attached hydrogen (secondary N) is 2. The van der Waals surface area contributed by atoms with Crippen LogP contribution in [-0.4, -0.2) is 28.5 Å². The first-order valence-corrected chi connectivity index (χ1v) is 7.66. The predicted octanol–water partition coefficient (Wildman–Crippen LogP) is 2.35. The fourth-order valence-corrected chi connectivity index (χ4v) is 2.37. The number of esters is 1. The van der Waals surface area contributed by atoms with E-state index in [0.29, 0.717) is 28.8 Å². The number of carbonyl (C=O) groups excluding carboxylic acids is 2. The Morgan fingerprint density at radius 3 is 2.56 bits per heavy atom. The highest BCUT2D eigenvalue weighted by molar-refractivity contribution is 6.10. The van der Waals surface area contributed by atoms with Crippen molar-refractivity contribution >= 4 is 28.5 Å². The molecule has 7 nitrogen and oxygen atoms in total. The second-order valence-electron chi connectivity index (χ2n) is 5.19. The minimum atomic E-state index is -0.596. The molecule has 0 aliphatic rings. The second-order valence-corrected chi connectivity index (χ2v) is 5.19. The molecule has 0 unspecified atom stereocenters. The number of ether oxygens (including phenoxy) is 1. The topological polar surface area (TPSA) is 101 Å². The molecule has 3 rings (SSSR count). The van der Waals surface area contributed by atoms with Gasteiger partial charge in [0, 0.05) is 11.1 Å². The Labute approximate surface area is 142 Å². The first-order chi connectivity index (χ1) is 12.1. The Hall–Kier alpha value is -3.48. The summed E-state index contributed by atoms with van der Waals surface area (Å²) < 4.78 is 4.91. The first-order valence-electron chi connectivity index (χ1n) is 7.66. The Bertz CT molecular complexity index is 993. The van der Waals surface area contributed by atoms with E-state index in [9.17, 15) is 14.4 Å². The van der Waals surface area contributed by atoms with Crippen molar-refractivity contribution in [2.75, 3.05) is 11.9 Å². The van der Waals surface area contributed by atoms with E-state index in [-0.39, 0.29) is 5.69 Å². The number of hydrogen-bond acceptors (Lipinski definition) is 5. The number of rotatable bonds is 4. The van der Waals surface area contributed by atoms with Crippen LogP contribution in [0.3, 0.4) is 0 Å². The second kappa shape index (κ2) is 6.96. The zero-order valence-electron chi connectivity index (χ0n) is 13.4. The van der Waals surface area contributed by atoms with Crippen LogP contribution in [0.5, 0.6) is 0 Å². The van der Waals surface area contributed by atoms with Crippen LogP contribution in [0.4, 0.5) is 5.69 Å². The van der Waals surface area contributed by atoms with Crippen LogP contribution in [-0.2, 0) is 4.74 Å². The molecule has 2 N–H and O–H groups in total. The minimum Gasteiger partial charge on any atom is -0.462 e. The van der Waals surface area contributed by atoms with Crippen molar-refractivity contribution in [2.45, 2.75) is 6.92 Å². The van der Waals surface area contributed by atoms with Gasteiger partial charge in [-0.05, 0) is 37.3 Å². The summed E-state index contributed by atoms with van der Waals surface area (Å²) in [5.41, 5.74) is 0.837. The fourth-order valence-electron chi connectivity index (χ4n) is 2.37. The average Bonchev–Trinajstić information content (AvgIpc) is 2.61. The summed E-state index contributed by atoms with van der Waals surface area (Å²) in [7, 11) is 0. The highest BCUT2D eigenvalue weighted by Crippen LogP contribution is 2.16. The van der Waals surface area contributed by atoms with Crippen LogP contribution in [0.25, 0.3) is 10.9 Å². The van der Waals surface area contributed by atoms with Crippen LogP contribution in [0.2, 0.25) is 0 Å². The van der Waals surface area contributed by atoms with Crippen molar-refractivity contribution in [2.24, 2.45) is 0 Å². The normalized spacial score (nSPS) is 10.4. The van der Waals surface area contributed by atoms with Crippen LogP contribution >= 0.6 is 0 Å². The lowest BCUT2D eigenvalue weighted by atomic mass is 10.1. The SMILES string of the molecule is CCOC(=O)c1ccc(NC(=O)c2nc(=O)[nH]c3ccccc23)cc1. The lowest BCUT2D eigenvalue weighted by Gasteiger charge is -2.08. The van der Waals surface area contributed by atoms with E-state index in [1.165, 1.54) is 0 Å². The van der Waals surface area contributed by atoms with E-state index in [0.717, 1.165) is 0 Å². The van der Waals surface area contributed by atoms with Gasteiger partial charge in [-0.2, -0.15) is 4.98 Å². The molecule has 0 fully saturated rings. The van der Waals surface area contributed by atoms with Gasteiger partial charge in [-0.3, -0.25) is 4.79 Å². The minimum absolute atomic E-state index is 0.0359. The van der Waals surface area contributed by atoms with Crippen molar-refractivity contribution in [3.05, 3.63) is 70.3 Å². The number of amides is 1. The summed E-state index contributed by atoms with van der Waals surface area (Å²) >= 11 is 0. The van der Waals surface area contributed by atoms with E-state index in [2.05, 4.69) is 15.3 Å². The van der Waals surface area contributed by atoms with Crippen LogP contribution in [0, 0.1) is 0 Å². The van der Waals surface area contributed by atoms with Gasteiger partial charge in [0.1, 0.15) is 5.69 Å². The molecule has 0 aliphatic heterocycles. The molecule has 3 aromatic rings. The van der Waals surface area contributed by atoms with Gasteiger partial charge in [0.05, 0.1) is 17.7 Å². The van der Waals surface area contributed by atoms with Gasteiger partial charge >= 0.3 is 11.7 Å². The summed E-state index contributed by atoms with van der Waals surface area (Å²) in [6.45, 7) is 2.02. The molecule has 1 aromatic heterocycles. The predicted molar refractivity (Wildman–Crippen MR) is 92.7 cm³/mol. The Morgan fingerprint density at radius 1 is 1.12 bits per heavy atom. The maximum Gasteiger partial charge on any atom is 0.346 e. The van der Waals surface area contributed by atoms with Gasteiger partial charge in [0.25, 0.3) is 5.91 Å². The molecule has 0 radical (unpaired) electrons. The molecule has 1 amide bonds. The molecule has 2 aromatic carbocycles. The number of hydrogen-bond donors (Lipinski definition) is 2. The van der Waals surface area contributed by atoms with E-state index >= 15 is 0 Å². The molecule has 0 spiro atoms. The number of fused-ring (bicyclic) bond motifs is 1. The molecule has 0 atom stereocenters. The third-order valence-corrected chi connectivity index (χ3v) is 3.51. The number of H-pyrrole nitrogens is 1. The lowest BCUT2D eigenvalue weighted by Crippen LogP contribution is -2.21. The molecule has 0 saturated heterocycles. The summed E-state index contributed by atoms with van der Waals surface area (Å²) in [6, 6.07) is 13.2. The van der Waals surface area contributed by atoms with Gasteiger partial charge < -0.3 is 15.0 Å². The first kappa shape index (κ1) is 16.4. The van der Waals surface area contributed by atoms with E-state index in [1.807, 2.05) is 0 Å². The van der Waals surface area contributed by atoms with Gasteiger partial charge in [-0.15, -0.1) is 0 Å². The molecule has 25 heavy (non-hydrogen) atoms. The highest BCUT2D eigenvalue weighted by atomic mass is 16.5. The number of anilines is 1. The van der Waals surface area contributed by atoms with E-state index < -0.39 is 17.6 Å². The molecule has 7 heteroatoms. The standard InChI is InChI=1S/C18H15N3O4/c1-2-25-17(23)11-7-9-12(10-8-11)19-16(22)15-13-5-3-4-6-14(13)20-18(24)21-15/h3-10H,2H2,1H3,(H,19,22)(H,20,21,24). The number of benzene rings is 2. The van der Waals surface area contributed by atoms with Crippen molar-refractivity contribution in [1.29, 1.82) is 0 Å². The van der Waals surface area contributed by atoms with Crippen molar-refractivity contribution in [3.63, 3.8) is 0 Å². The monoisotopic (exact) mass is 337 g/mol. The van der Waals surface area contributed by atoms with Gasteiger partial charge in [0.15, 0.2) is 0 Å². The molecular weight excluding hydrogens is 322 g/mol. The molecule has 1 heterocycles. The average molecular weight is 337 g/mol. The van der Waals surface area contributed by atoms with Crippen LogP contribution in [0.1, 0.15) is 27.8 Å². The third-order valence-electron chi connectivity index (χ3n) is 3.51. The number of para-hydroxylation sites is 1. The van der Waals surface area contributed by atoms with Gasteiger partial charge in [-0.1, -0.05) is 18.2 Å². The quantitative estimate of drug-likeness (QED) is 0.712. The number of aromatic amines is 1. The zero-order valence-corrected chi connectivity index (χ0v) is 13.4. The summed E-state index contributed by atoms with van der Waals surface area (Å²) in [6.07, 6.45) is 0. The maximum absolute atomic E-state index is 12.5. The molecule has 0 saturated carbocycles. The maximum atomic E-state index is 12.5. The fraction of sp³-hybridized carbons (Fsp3) is 0.111. The van der Waals surface area contributed by atoms with Crippen molar-refractivity contribution in [3.8, 4) is 0 Å². The zero-order chi connectivity index (χ0) is 17.8. The number of aromatic nitrogens is 2. The smallest absolute Gasteiger partial charge is 0.346 e. The summed E-state index contributed by atoms with van der Waals surface area (Å²) in [4.78, 5) is 42.1. The lowest BCUT2D eigenvalue weighted by molar-refractivity contribution is 0.0526. The number of nitrogens with zero attached hydrogens (tertiary/aromatic N) is 1. The third kappa shape index (κ3) is 3.55. The van der Waals surface area contributed by atoms with Crippen LogP contribution in [0.15, 0.2) is 53.3 Å². The van der Waals surface area contributed by atoms with Crippen molar-refractivity contribution in [1.82, 2.24) is 9.97 Å². The highest BCUT2D eigenvalue weighted by Gasteiger charge is 2.14. The molecular formula is C18H15N3O4. The molecule has 0 aliphatic carbocycles. The van der Waals surface area contributed by atoms with E-state index in [4.69, 9.17) is 4.74 Å². The van der Waals surface area contributed by atoms with Crippen LogP contribution < -0.4 is 11.0 Å². The largest absolute Gasteiger partial charge is 0.462 e. The Morgan fingerprint density at radius 2 is 1.84 bits per heavy atom.